The van der Waals surface area contributed by atoms with Crippen LogP contribution in [0.4, 0.5) is 0 Å². The number of aliphatic hydroxyl groups is 4. The first-order chi connectivity index (χ1) is 56.4. The van der Waals surface area contributed by atoms with Crippen LogP contribution in [0, 0.1) is 47.3 Å². The lowest BCUT2D eigenvalue weighted by Crippen LogP contribution is -2.62. The van der Waals surface area contributed by atoms with Gasteiger partial charge in [0.05, 0.1) is 12.5 Å². The third kappa shape index (κ3) is 43.9. The zero-order valence-corrected chi connectivity index (χ0v) is 74.4. The normalized spacial score (nSPS) is 21.3. The van der Waals surface area contributed by atoms with Crippen molar-refractivity contribution >= 4 is 100 Å². The summed E-state index contributed by atoms with van der Waals surface area (Å²) in [5.74, 6) is -20.5. The fourth-order valence-corrected chi connectivity index (χ4v) is 13.1. The number of esters is 1. The molecule has 1 heterocycles. The highest BCUT2D eigenvalue weighted by Crippen LogP contribution is 2.19. The molecule has 2 unspecified atom stereocenters. The van der Waals surface area contributed by atoms with Crippen LogP contribution in [0.5, 0.6) is 0 Å². The van der Waals surface area contributed by atoms with Gasteiger partial charge in [0.15, 0.2) is 6.29 Å². The predicted octanol–water partition coefficient (Wildman–Crippen LogP) is -1.27. The van der Waals surface area contributed by atoms with Crippen molar-refractivity contribution in [2.75, 3.05) is 6.61 Å². The molecule has 1 aliphatic rings. The van der Waals surface area contributed by atoms with Gasteiger partial charge in [-0.1, -0.05) is 156 Å². The number of primary amides is 2. The first kappa shape index (κ1) is 110. The first-order valence-electron chi connectivity index (χ1n) is 42.9. The van der Waals surface area contributed by atoms with Crippen LogP contribution >= 0.6 is 0 Å². The minimum absolute atomic E-state index is 0.0348. The zero-order valence-electron chi connectivity index (χ0n) is 74.4. The van der Waals surface area contributed by atoms with E-state index in [1.54, 1.807) is 96.9 Å². The summed E-state index contributed by atoms with van der Waals surface area (Å²) in [7, 11) is 0. The molecule has 17 atom stereocenters. The Hall–Kier alpha value is -9.21. The lowest BCUT2D eigenvalue weighted by molar-refractivity contribution is -0.152. The van der Waals surface area contributed by atoms with Crippen LogP contribution in [0.2, 0.25) is 0 Å². The van der Waals surface area contributed by atoms with E-state index in [1.807, 2.05) is 0 Å². The van der Waals surface area contributed by atoms with Crippen molar-refractivity contribution in [2.45, 2.75) is 363 Å². The van der Waals surface area contributed by atoms with Gasteiger partial charge in [0, 0.05) is 19.3 Å². The van der Waals surface area contributed by atoms with E-state index in [2.05, 4.69) is 81.4 Å². The Morgan fingerprint density at radius 2 is 0.843 bits per heavy atom. The van der Waals surface area contributed by atoms with Gasteiger partial charge < -0.3 is 117 Å². The van der Waals surface area contributed by atoms with Gasteiger partial charge in [0.25, 0.3) is 0 Å². The van der Waals surface area contributed by atoms with E-state index in [-0.39, 0.29) is 75.0 Å². The second-order valence-electron chi connectivity index (χ2n) is 34.8. The van der Waals surface area contributed by atoms with Gasteiger partial charge in [-0.25, -0.2) is 4.79 Å². The Kier molecular flexibility index (Phi) is 51.2. The molecule has 0 bridgehead atoms. The molecule has 0 aromatic rings. The lowest BCUT2D eigenvalue weighted by atomic mass is 9.97. The molecule has 24 N–H and O–H groups in total. The SMILES string of the molecule is CCCCCCC[C@@H](O)CC(=O)N[C@@H](CC(C)C)C(=O)N[C@H](CCC(O)O)C(=O)N[C@H](C)C(=O)N[C@@H](C(=O)N[C@H](CC(C)C)C(=O)N[C@@H](CCC(N)O)C(=O)N[C@@H]1COC(=O)[C@H]([C@@H](C)CC)NC(=O)[C@@H](CCC(N)=O)NC(=O)[C@H](CC(C)C)NC(=O)[C@H](CC(C)C)NC(=O)[C@@H](CCC(N)=O)NC(=O)C(CC(C)C)NC(=O)[C@@H](C(C)C)NC1=O)C(C)C. The number of rotatable bonds is 47. The highest BCUT2D eigenvalue weighted by Gasteiger charge is 2.41. The van der Waals surface area contributed by atoms with Crippen molar-refractivity contribution in [3.05, 3.63) is 0 Å². The Morgan fingerprint density at radius 1 is 0.430 bits per heavy atom. The summed E-state index contributed by atoms with van der Waals surface area (Å²) < 4.78 is 5.81. The molecule has 1 rings (SSSR count). The first-order valence-corrected chi connectivity index (χ1v) is 42.9. The van der Waals surface area contributed by atoms with Crippen molar-refractivity contribution in [1.29, 1.82) is 0 Å². The predicted molar refractivity (Wildman–Crippen MR) is 448 cm³/mol. The fraction of sp³-hybridized carbons (Fsp3) is 0.793. The molecular weight excluding hydrogens is 1570 g/mol. The van der Waals surface area contributed by atoms with Crippen LogP contribution in [-0.2, 0) is 86.2 Å². The number of aliphatic hydroxyl groups excluding tert-OH is 3. The van der Waals surface area contributed by atoms with Crippen LogP contribution in [-0.4, -0.2) is 231 Å². The number of hydrogen-bond donors (Lipinski definition) is 21. The largest absolute Gasteiger partial charge is 0.461 e. The van der Waals surface area contributed by atoms with E-state index >= 15 is 9.59 Å². The summed E-state index contributed by atoms with van der Waals surface area (Å²) in [6.07, 6.45) is -3.40. The average Bonchev–Trinajstić information content (AvgIpc) is 0.870. The Balaban J connectivity index is 4.12. The number of amides is 16. The van der Waals surface area contributed by atoms with Crippen molar-refractivity contribution < 1.29 is 107 Å². The van der Waals surface area contributed by atoms with Gasteiger partial charge >= 0.3 is 5.97 Å². The molecule has 0 radical (unpaired) electrons. The van der Waals surface area contributed by atoms with Gasteiger partial charge in [-0.3, -0.25) is 76.7 Å². The maximum atomic E-state index is 15.1. The summed E-state index contributed by atoms with van der Waals surface area (Å²) >= 11 is 0. The van der Waals surface area contributed by atoms with E-state index in [0.29, 0.717) is 12.8 Å². The number of nitrogens with two attached hydrogens (primary N) is 3. The van der Waals surface area contributed by atoms with E-state index in [9.17, 15) is 92.3 Å². The van der Waals surface area contributed by atoms with Crippen LogP contribution in [0.3, 0.4) is 0 Å². The zero-order chi connectivity index (χ0) is 92.4. The number of ether oxygens (including phenoxy) is 1. The van der Waals surface area contributed by atoms with E-state index in [4.69, 9.17) is 21.9 Å². The fourth-order valence-electron chi connectivity index (χ4n) is 13.1. The molecular formula is C82H147N17O22. The van der Waals surface area contributed by atoms with Crippen molar-refractivity contribution in [2.24, 2.45) is 64.5 Å². The highest BCUT2D eigenvalue weighted by atomic mass is 16.5. The monoisotopic (exact) mass is 1720 g/mol. The van der Waals surface area contributed by atoms with Crippen molar-refractivity contribution in [1.82, 2.24) is 74.4 Å². The quantitative estimate of drug-likeness (QED) is 0.0192. The minimum atomic E-state index is -2.06. The molecule has 1 aliphatic heterocycles. The molecule has 1 saturated heterocycles. The Labute approximate surface area is 712 Å². The van der Waals surface area contributed by atoms with Gasteiger partial charge in [-0.15, -0.1) is 0 Å². The lowest BCUT2D eigenvalue weighted by Gasteiger charge is -2.30. The topological polar surface area (TPSA) is 627 Å². The standard InChI is InChI=1S/C82H147N17O22/c1-19-21-22-23-24-25-50(100)39-64(104)87-55(34-41(3)4)74(112)91-54(29-33-65(105)106)70(108)86-49(18)69(107)97-66(46(13)14)80(118)94-58(37-44(9)10)77(115)89-52(27-31-62(84)102)72(110)96-60-40-121-82(120)68(48(17)20-2)99-73(111)53(28-32-63(85)103)90-75(113)56(35-42(5)6)93-78(116)57(36-43(7)8)92-71(109)51(26-30-61(83)101)88-76(114)59(38-45(11)12)95-81(119)67(47(15)16)98-79(60)117/h41-60,62,65-68,100,102,105-106H,19-40,84H2,1-18H3,(H2,83,101)(H2,85,103)(H,86,108)(H,87,104)(H,88,114)(H,89,115)(H,90,113)(H,91,112)(H,92,109)(H,93,116)(H,94,118)(H,95,119)(H,96,110)(H,97,107)(H,98,117)(H,99,111)/t48-,49+,50+,51+,52-,53+,54+,55-,56-,57-,58+,59?,60+,62?,66+,67+,68-/m0/s1. The number of carbonyl (C=O) groups is 17. The molecule has 16 amide bonds. The molecule has 0 aliphatic carbocycles. The second-order valence-corrected chi connectivity index (χ2v) is 34.8. The second kappa shape index (κ2) is 56.5. The van der Waals surface area contributed by atoms with Crippen LogP contribution in [0.15, 0.2) is 0 Å². The number of carbonyl (C=O) groups excluding carboxylic acids is 17. The smallest absolute Gasteiger partial charge is 0.329 e. The highest BCUT2D eigenvalue weighted by molar-refractivity contribution is 6.01. The molecule has 0 saturated carbocycles. The maximum Gasteiger partial charge on any atom is 0.329 e. The van der Waals surface area contributed by atoms with Crippen molar-refractivity contribution in [3.8, 4) is 0 Å². The van der Waals surface area contributed by atoms with E-state index < -0.39 is 279 Å². The van der Waals surface area contributed by atoms with Crippen molar-refractivity contribution in [3.63, 3.8) is 0 Å². The van der Waals surface area contributed by atoms with E-state index in [0.717, 1.165) is 25.7 Å². The van der Waals surface area contributed by atoms with Crippen LogP contribution in [0.25, 0.3) is 0 Å². The summed E-state index contributed by atoms with van der Waals surface area (Å²) in [4.78, 5) is 241. The van der Waals surface area contributed by atoms with Gasteiger partial charge in [0.2, 0.25) is 94.5 Å². The summed E-state index contributed by atoms with van der Waals surface area (Å²) in [5, 5.41) is 76.8. The molecule has 121 heavy (non-hydrogen) atoms. The Bertz CT molecular complexity index is 3380. The van der Waals surface area contributed by atoms with Crippen LogP contribution in [0.1, 0.15) is 259 Å². The summed E-state index contributed by atoms with van der Waals surface area (Å²) in [6.45, 7) is 28.9. The average molecular weight is 1720 g/mol. The third-order valence-electron chi connectivity index (χ3n) is 20.2. The molecule has 692 valence electrons. The molecule has 0 spiro atoms. The number of cyclic esters (lactones) is 1. The molecule has 39 nitrogen and oxygen atoms in total. The van der Waals surface area contributed by atoms with Gasteiger partial charge in [-0.05, 0) is 125 Å². The van der Waals surface area contributed by atoms with Crippen LogP contribution < -0.4 is 91.6 Å². The summed E-state index contributed by atoms with van der Waals surface area (Å²) in [6, 6.07) is -21.8. The Morgan fingerprint density at radius 3 is 1.27 bits per heavy atom. The molecule has 0 aromatic carbocycles. The number of nitrogens with one attached hydrogen (secondary N) is 14. The maximum absolute atomic E-state index is 15.1. The molecule has 0 aromatic heterocycles. The van der Waals surface area contributed by atoms with Gasteiger partial charge in [-0.2, -0.15) is 0 Å². The molecule has 39 heteroatoms. The minimum Gasteiger partial charge on any atom is -0.461 e. The third-order valence-corrected chi connectivity index (χ3v) is 20.2. The van der Waals surface area contributed by atoms with Gasteiger partial charge in [0.1, 0.15) is 97.4 Å². The molecule has 1 fully saturated rings. The number of hydrogen-bond acceptors (Lipinski definition) is 23. The summed E-state index contributed by atoms with van der Waals surface area (Å²) in [5.41, 5.74) is 16.9. The number of unbranched alkanes of at least 4 members (excludes halogenated alkanes) is 4. The van der Waals surface area contributed by atoms with E-state index in [1.165, 1.54) is 20.8 Å².